The lowest BCUT2D eigenvalue weighted by Crippen LogP contribution is -2.12. The molecule has 2 aliphatic rings. The van der Waals surface area contributed by atoms with Crippen LogP contribution in [0.3, 0.4) is 0 Å². The molecule has 2 aliphatic heterocycles. The Morgan fingerprint density at radius 2 is 2.27 bits per heavy atom. The second kappa shape index (κ2) is 3.55. The summed E-state index contributed by atoms with van der Waals surface area (Å²) in [7, 11) is 0. The Morgan fingerprint density at radius 3 is 2.91 bits per heavy atom. The first-order valence-electron chi connectivity index (χ1n) is 4.73. The van der Waals surface area contributed by atoms with Gasteiger partial charge in [0.05, 0.1) is 0 Å². The minimum atomic E-state index is 0.875. The highest BCUT2D eigenvalue weighted by atomic mass is 16.5. The summed E-state index contributed by atoms with van der Waals surface area (Å²) in [5.74, 6) is 1.82. The predicted molar refractivity (Wildman–Crippen MR) is 44.5 cm³/mol. The molecule has 0 amide bonds. The maximum absolute atomic E-state index is 5.35. The summed E-state index contributed by atoms with van der Waals surface area (Å²) in [6.07, 6.45) is 4.08. The molecule has 64 valence electrons. The van der Waals surface area contributed by atoms with E-state index in [9.17, 15) is 0 Å². The van der Waals surface area contributed by atoms with E-state index in [1.54, 1.807) is 0 Å². The molecule has 2 unspecified atom stereocenters. The van der Waals surface area contributed by atoms with Crippen molar-refractivity contribution in [1.29, 1.82) is 0 Å². The van der Waals surface area contributed by atoms with Crippen LogP contribution in [0.2, 0.25) is 0 Å². The van der Waals surface area contributed by atoms with Crippen LogP contribution >= 0.6 is 0 Å². The number of hydrogen-bond donors (Lipinski definition) is 1. The molecule has 2 heteroatoms. The molecule has 0 aromatic rings. The first kappa shape index (κ1) is 7.56. The van der Waals surface area contributed by atoms with Gasteiger partial charge >= 0.3 is 0 Å². The van der Waals surface area contributed by atoms with Crippen LogP contribution in [0.25, 0.3) is 0 Å². The Morgan fingerprint density at radius 1 is 1.27 bits per heavy atom. The van der Waals surface area contributed by atoms with Crippen LogP contribution in [0, 0.1) is 11.8 Å². The first-order chi connectivity index (χ1) is 5.45. The van der Waals surface area contributed by atoms with Crippen molar-refractivity contribution in [3.63, 3.8) is 0 Å². The summed E-state index contributed by atoms with van der Waals surface area (Å²) in [4.78, 5) is 0. The minimum absolute atomic E-state index is 0.875. The molecule has 0 saturated carbocycles. The van der Waals surface area contributed by atoms with Crippen LogP contribution in [0.5, 0.6) is 0 Å². The SMILES string of the molecule is C1CC(CC2CCOC2)CN1. The van der Waals surface area contributed by atoms with E-state index in [0.29, 0.717) is 0 Å². The summed E-state index contributed by atoms with van der Waals surface area (Å²) in [5.41, 5.74) is 0. The molecule has 0 aromatic heterocycles. The second-order valence-electron chi connectivity index (χ2n) is 3.82. The highest BCUT2D eigenvalue weighted by Crippen LogP contribution is 2.24. The van der Waals surface area contributed by atoms with Gasteiger partial charge in [-0.1, -0.05) is 0 Å². The first-order valence-corrected chi connectivity index (χ1v) is 4.73. The number of hydrogen-bond acceptors (Lipinski definition) is 2. The fourth-order valence-corrected chi connectivity index (χ4v) is 2.16. The smallest absolute Gasteiger partial charge is 0.0495 e. The molecule has 2 nitrogen and oxygen atoms in total. The molecule has 0 spiro atoms. The van der Waals surface area contributed by atoms with E-state index in [2.05, 4.69) is 5.32 Å². The van der Waals surface area contributed by atoms with E-state index < -0.39 is 0 Å². The Balaban J connectivity index is 1.71. The van der Waals surface area contributed by atoms with Crippen molar-refractivity contribution in [3.8, 4) is 0 Å². The minimum Gasteiger partial charge on any atom is -0.381 e. The van der Waals surface area contributed by atoms with Crippen molar-refractivity contribution >= 4 is 0 Å². The van der Waals surface area contributed by atoms with Crippen molar-refractivity contribution in [1.82, 2.24) is 5.32 Å². The van der Waals surface area contributed by atoms with Crippen molar-refractivity contribution in [3.05, 3.63) is 0 Å². The molecular formula is C9H17NO. The van der Waals surface area contributed by atoms with Gasteiger partial charge in [-0.2, -0.15) is 0 Å². The quantitative estimate of drug-likeness (QED) is 0.643. The van der Waals surface area contributed by atoms with Crippen molar-refractivity contribution < 1.29 is 4.74 Å². The van der Waals surface area contributed by atoms with Gasteiger partial charge in [0.2, 0.25) is 0 Å². The van der Waals surface area contributed by atoms with Crippen LogP contribution in [0.1, 0.15) is 19.3 Å². The third-order valence-corrected chi connectivity index (χ3v) is 2.85. The molecule has 2 rings (SSSR count). The van der Waals surface area contributed by atoms with E-state index >= 15 is 0 Å². The monoisotopic (exact) mass is 155 g/mol. The normalized spacial score (nSPS) is 38.2. The molecule has 0 aliphatic carbocycles. The van der Waals surface area contributed by atoms with Gasteiger partial charge in [-0.15, -0.1) is 0 Å². The van der Waals surface area contributed by atoms with Crippen molar-refractivity contribution in [2.45, 2.75) is 19.3 Å². The summed E-state index contributed by atoms with van der Waals surface area (Å²) in [6, 6.07) is 0. The Kier molecular flexibility index (Phi) is 2.44. The molecular weight excluding hydrogens is 138 g/mol. The van der Waals surface area contributed by atoms with Crippen LogP contribution in [0.15, 0.2) is 0 Å². The molecule has 0 bridgehead atoms. The number of ether oxygens (including phenoxy) is 1. The molecule has 2 fully saturated rings. The fourth-order valence-electron chi connectivity index (χ4n) is 2.16. The highest BCUT2D eigenvalue weighted by molar-refractivity contribution is 4.76. The molecule has 11 heavy (non-hydrogen) atoms. The van der Waals surface area contributed by atoms with Crippen LogP contribution in [-0.4, -0.2) is 26.3 Å². The number of nitrogens with one attached hydrogen (secondary N) is 1. The third-order valence-electron chi connectivity index (χ3n) is 2.85. The van der Waals surface area contributed by atoms with Crippen molar-refractivity contribution in [2.24, 2.45) is 11.8 Å². The highest BCUT2D eigenvalue weighted by Gasteiger charge is 2.22. The predicted octanol–water partition coefficient (Wildman–Crippen LogP) is 1.02. The average Bonchev–Trinajstić information content (AvgIpc) is 2.60. The third kappa shape index (κ3) is 1.94. The summed E-state index contributed by atoms with van der Waals surface area (Å²) in [5, 5.41) is 3.41. The van der Waals surface area contributed by atoms with Gasteiger partial charge in [-0.3, -0.25) is 0 Å². The number of rotatable bonds is 2. The van der Waals surface area contributed by atoms with Gasteiger partial charge in [0, 0.05) is 13.2 Å². The standard InChI is InChI=1S/C9H17NO/c1-3-10-6-8(1)5-9-2-4-11-7-9/h8-10H,1-7H2. The zero-order valence-electron chi connectivity index (χ0n) is 7.01. The molecule has 2 atom stereocenters. The summed E-state index contributed by atoms with van der Waals surface area (Å²) in [6.45, 7) is 4.51. The van der Waals surface area contributed by atoms with Gasteiger partial charge in [0.25, 0.3) is 0 Å². The van der Waals surface area contributed by atoms with Gasteiger partial charge in [0.1, 0.15) is 0 Å². The molecule has 2 saturated heterocycles. The lowest BCUT2D eigenvalue weighted by molar-refractivity contribution is 0.180. The lowest BCUT2D eigenvalue weighted by Gasteiger charge is -2.12. The second-order valence-corrected chi connectivity index (χ2v) is 3.82. The van der Waals surface area contributed by atoms with Gasteiger partial charge in [0.15, 0.2) is 0 Å². The van der Waals surface area contributed by atoms with E-state index in [0.717, 1.165) is 25.0 Å². The maximum Gasteiger partial charge on any atom is 0.0495 e. The largest absolute Gasteiger partial charge is 0.381 e. The Labute approximate surface area is 68.3 Å². The zero-order chi connectivity index (χ0) is 7.52. The van der Waals surface area contributed by atoms with Crippen LogP contribution < -0.4 is 5.32 Å². The van der Waals surface area contributed by atoms with Crippen molar-refractivity contribution in [2.75, 3.05) is 26.3 Å². The topological polar surface area (TPSA) is 21.3 Å². The Hall–Kier alpha value is -0.0800. The summed E-state index contributed by atoms with van der Waals surface area (Å²) >= 11 is 0. The Bertz CT molecular complexity index is 101. The van der Waals surface area contributed by atoms with E-state index in [1.807, 2.05) is 0 Å². The van der Waals surface area contributed by atoms with Crippen LogP contribution in [-0.2, 0) is 4.74 Å². The maximum atomic E-state index is 5.35. The van der Waals surface area contributed by atoms with Crippen LogP contribution in [0.4, 0.5) is 0 Å². The molecule has 1 N–H and O–H groups in total. The van der Waals surface area contributed by atoms with Gasteiger partial charge in [-0.05, 0) is 44.2 Å². The van der Waals surface area contributed by atoms with Gasteiger partial charge < -0.3 is 10.1 Å². The fraction of sp³-hybridized carbons (Fsp3) is 1.00. The zero-order valence-corrected chi connectivity index (χ0v) is 7.01. The van der Waals surface area contributed by atoms with E-state index in [-0.39, 0.29) is 0 Å². The van der Waals surface area contributed by atoms with Gasteiger partial charge in [-0.25, -0.2) is 0 Å². The van der Waals surface area contributed by atoms with E-state index in [4.69, 9.17) is 4.74 Å². The van der Waals surface area contributed by atoms with E-state index in [1.165, 1.54) is 32.4 Å². The lowest BCUT2D eigenvalue weighted by atomic mass is 9.93. The summed E-state index contributed by atoms with van der Waals surface area (Å²) < 4.78 is 5.35. The molecule has 2 heterocycles. The molecule has 0 radical (unpaired) electrons. The average molecular weight is 155 g/mol. The molecule has 0 aromatic carbocycles.